The SMILES string of the molecule is CC1CCN(C(=O)NCc2ccnc(-n3cccn3)c2)CC1. The molecule has 0 atom stereocenters. The van der Waals surface area contributed by atoms with Gasteiger partial charge >= 0.3 is 6.03 Å². The van der Waals surface area contributed by atoms with Crippen LogP contribution in [0.25, 0.3) is 5.82 Å². The van der Waals surface area contributed by atoms with Crippen LogP contribution in [0.2, 0.25) is 0 Å². The van der Waals surface area contributed by atoms with E-state index in [0.29, 0.717) is 6.54 Å². The third-order valence-electron chi connectivity index (χ3n) is 4.06. The quantitative estimate of drug-likeness (QED) is 0.945. The number of rotatable bonds is 3. The molecule has 3 heterocycles. The van der Waals surface area contributed by atoms with E-state index >= 15 is 0 Å². The van der Waals surface area contributed by atoms with E-state index in [1.165, 1.54) is 0 Å². The molecule has 116 valence electrons. The van der Waals surface area contributed by atoms with Crippen molar-refractivity contribution in [3.05, 3.63) is 42.4 Å². The maximum Gasteiger partial charge on any atom is 0.317 e. The molecule has 2 amide bonds. The predicted octanol–water partition coefficient (Wildman–Crippen LogP) is 2.21. The molecular formula is C16H21N5O. The number of hydrogen-bond donors (Lipinski definition) is 1. The second kappa shape index (κ2) is 6.60. The maximum absolute atomic E-state index is 12.2. The van der Waals surface area contributed by atoms with E-state index in [9.17, 15) is 4.79 Å². The largest absolute Gasteiger partial charge is 0.334 e. The van der Waals surface area contributed by atoms with Gasteiger partial charge in [0.25, 0.3) is 0 Å². The monoisotopic (exact) mass is 299 g/mol. The maximum atomic E-state index is 12.2. The molecule has 0 saturated carbocycles. The Labute approximate surface area is 130 Å². The van der Waals surface area contributed by atoms with Crippen LogP contribution in [0.1, 0.15) is 25.3 Å². The molecule has 0 spiro atoms. The molecule has 6 heteroatoms. The van der Waals surface area contributed by atoms with Crippen LogP contribution in [-0.2, 0) is 6.54 Å². The minimum atomic E-state index is 0.0179. The molecule has 2 aromatic heterocycles. The highest BCUT2D eigenvalue weighted by molar-refractivity contribution is 5.74. The molecule has 1 saturated heterocycles. The Kier molecular flexibility index (Phi) is 4.37. The molecule has 2 aromatic rings. The summed E-state index contributed by atoms with van der Waals surface area (Å²) in [6, 6.07) is 5.72. The van der Waals surface area contributed by atoms with Gasteiger partial charge in [-0.25, -0.2) is 14.5 Å². The van der Waals surface area contributed by atoms with Gasteiger partial charge in [0.2, 0.25) is 0 Å². The van der Waals surface area contributed by atoms with Gasteiger partial charge in [-0.1, -0.05) is 6.92 Å². The number of hydrogen-bond acceptors (Lipinski definition) is 3. The Morgan fingerprint density at radius 3 is 2.91 bits per heavy atom. The minimum Gasteiger partial charge on any atom is -0.334 e. The van der Waals surface area contributed by atoms with Gasteiger partial charge in [0, 0.05) is 38.2 Å². The summed E-state index contributed by atoms with van der Waals surface area (Å²) < 4.78 is 1.71. The number of nitrogens with zero attached hydrogens (tertiary/aromatic N) is 4. The van der Waals surface area contributed by atoms with Crippen molar-refractivity contribution in [2.75, 3.05) is 13.1 Å². The van der Waals surface area contributed by atoms with Gasteiger partial charge in [0.15, 0.2) is 5.82 Å². The van der Waals surface area contributed by atoms with Crippen LogP contribution < -0.4 is 5.32 Å². The molecule has 0 bridgehead atoms. The van der Waals surface area contributed by atoms with Gasteiger partial charge in [-0.3, -0.25) is 0 Å². The third kappa shape index (κ3) is 3.44. The number of urea groups is 1. The van der Waals surface area contributed by atoms with E-state index in [-0.39, 0.29) is 6.03 Å². The van der Waals surface area contributed by atoms with Crippen LogP contribution in [-0.4, -0.2) is 38.8 Å². The van der Waals surface area contributed by atoms with Gasteiger partial charge in [-0.05, 0) is 42.5 Å². The number of aromatic nitrogens is 3. The summed E-state index contributed by atoms with van der Waals surface area (Å²) in [6.45, 7) is 4.44. The van der Waals surface area contributed by atoms with Crippen molar-refractivity contribution in [1.82, 2.24) is 25.0 Å². The molecule has 1 aliphatic rings. The van der Waals surface area contributed by atoms with Crippen molar-refractivity contribution < 1.29 is 4.79 Å². The topological polar surface area (TPSA) is 63.1 Å². The number of nitrogens with one attached hydrogen (secondary N) is 1. The fourth-order valence-corrected chi connectivity index (χ4v) is 2.60. The Bertz CT molecular complexity index is 617. The highest BCUT2D eigenvalue weighted by Gasteiger charge is 2.19. The van der Waals surface area contributed by atoms with Crippen molar-refractivity contribution in [2.24, 2.45) is 5.92 Å². The second-order valence-electron chi connectivity index (χ2n) is 5.80. The van der Waals surface area contributed by atoms with Crippen molar-refractivity contribution >= 4 is 6.03 Å². The first-order valence-corrected chi connectivity index (χ1v) is 7.70. The number of piperidine rings is 1. The van der Waals surface area contributed by atoms with E-state index in [0.717, 1.165) is 43.2 Å². The normalized spacial score (nSPS) is 15.8. The van der Waals surface area contributed by atoms with Gasteiger partial charge in [0.1, 0.15) is 0 Å². The first-order valence-electron chi connectivity index (χ1n) is 7.70. The summed E-state index contributed by atoms with van der Waals surface area (Å²) in [5.74, 6) is 1.48. The van der Waals surface area contributed by atoms with Gasteiger partial charge in [0.05, 0.1) is 0 Å². The molecule has 0 aliphatic carbocycles. The minimum absolute atomic E-state index is 0.0179. The summed E-state index contributed by atoms with van der Waals surface area (Å²) in [5, 5.41) is 7.15. The van der Waals surface area contributed by atoms with E-state index in [1.807, 2.05) is 29.3 Å². The van der Waals surface area contributed by atoms with Crippen LogP contribution >= 0.6 is 0 Å². The van der Waals surface area contributed by atoms with Gasteiger partial charge in [-0.15, -0.1) is 0 Å². The van der Waals surface area contributed by atoms with Crippen LogP contribution in [0.15, 0.2) is 36.8 Å². The van der Waals surface area contributed by atoms with Crippen molar-refractivity contribution in [3.8, 4) is 5.82 Å². The Hall–Kier alpha value is -2.37. The zero-order valence-electron chi connectivity index (χ0n) is 12.8. The summed E-state index contributed by atoms with van der Waals surface area (Å²) in [6.07, 6.45) is 7.48. The van der Waals surface area contributed by atoms with Crippen LogP contribution in [0.3, 0.4) is 0 Å². The van der Waals surface area contributed by atoms with Crippen LogP contribution in [0.4, 0.5) is 4.79 Å². The van der Waals surface area contributed by atoms with Crippen LogP contribution in [0.5, 0.6) is 0 Å². The third-order valence-corrected chi connectivity index (χ3v) is 4.06. The first-order chi connectivity index (χ1) is 10.7. The lowest BCUT2D eigenvalue weighted by atomic mass is 10.00. The zero-order valence-corrected chi connectivity index (χ0v) is 12.8. The molecule has 1 fully saturated rings. The molecule has 3 rings (SSSR count). The number of likely N-dealkylation sites (tertiary alicyclic amines) is 1. The molecular weight excluding hydrogens is 278 g/mol. The lowest BCUT2D eigenvalue weighted by Crippen LogP contribution is -2.43. The fraction of sp³-hybridized carbons (Fsp3) is 0.438. The Balaban J connectivity index is 1.57. The fourth-order valence-electron chi connectivity index (χ4n) is 2.60. The van der Waals surface area contributed by atoms with Crippen LogP contribution in [0, 0.1) is 5.92 Å². The zero-order chi connectivity index (χ0) is 15.4. The molecule has 1 N–H and O–H groups in total. The first kappa shape index (κ1) is 14.6. The van der Waals surface area contributed by atoms with Crippen molar-refractivity contribution in [2.45, 2.75) is 26.3 Å². The highest BCUT2D eigenvalue weighted by atomic mass is 16.2. The second-order valence-corrected chi connectivity index (χ2v) is 5.80. The Morgan fingerprint density at radius 2 is 2.18 bits per heavy atom. The van der Waals surface area contributed by atoms with E-state index in [2.05, 4.69) is 22.3 Å². The summed E-state index contributed by atoms with van der Waals surface area (Å²) >= 11 is 0. The molecule has 1 aliphatic heterocycles. The lowest BCUT2D eigenvalue weighted by molar-refractivity contribution is 0.173. The average Bonchev–Trinajstić information content (AvgIpc) is 3.08. The standard InChI is InChI=1S/C16H21N5O/c1-13-4-9-20(10-5-13)16(22)18-12-14-3-7-17-15(11-14)21-8-2-6-19-21/h2-3,6-8,11,13H,4-5,9-10,12H2,1H3,(H,18,22). The number of amides is 2. The number of carbonyl (C=O) groups is 1. The van der Waals surface area contributed by atoms with Gasteiger partial charge in [-0.2, -0.15) is 5.10 Å². The van der Waals surface area contributed by atoms with E-state index in [4.69, 9.17) is 0 Å². The van der Waals surface area contributed by atoms with E-state index in [1.54, 1.807) is 17.1 Å². The smallest absolute Gasteiger partial charge is 0.317 e. The summed E-state index contributed by atoms with van der Waals surface area (Å²) in [5.41, 5.74) is 1.01. The number of pyridine rings is 1. The lowest BCUT2D eigenvalue weighted by Gasteiger charge is -2.30. The Morgan fingerprint density at radius 1 is 1.36 bits per heavy atom. The molecule has 0 aromatic carbocycles. The number of carbonyl (C=O) groups excluding carboxylic acids is 1. The van der Waals surface area contributed by atoms with Gasteiger partial charge < -0.3 is 10.2 Å². The molecule has 22 heavy (non-hydrogen) atoms. The molecule has 0 radical (unpaired) electrons. The molecule has 0 unspecified atom stereocenters. The predicted molar refractivity (Wildman–Crippen MR) is 83.6 cm³/mol. The van der Waals surface area contributed by atoms with Crippen molar-refractivity contribution in [3.63, 3.8) is 0 Å². The summed E-state index contributed by atoms with van der Waals surface area (Å²) in [7, 11) is 0. The van der Waals surface area contributed by atoms with Crippen molar-refractivity contribution in [1.29, 1.82) is 0 Å². The average molecular weight is 299 g/mol. The van der Waals surface area contributed by atoms with E-state index < -0.39 is 0 Å². The highest BCUT2D eigenvalue weighted by Crippen LogP contribution is 2.16. The molecule has 6 nitrogen and oxygen atoms in total. The summed E-state index contributed by atoms with van der Waals surface area (Å²) in [4.78, 5) is 18.4.